The first-order valence-electron chi connectivity index (χ1n) is 5.65. The van der Waals surface area contributed by atoms with Crippen LogP contribution in [-0.4, -0.2) is 41.3 Å². The summed E-state index contributed by atoms with van der Waals surface area (Å²) in [5.41, 5.74) is 0. The molecule has 0 aromatic heterocycles. The van der Waals surface area contributed by atoms with Crippen LogP contribution in [0, 0.1) is 0 Å². The van der Waals surface area contributed by atoms with E-state index >= 15 is 0 Å². The minimum atomic E-state index is -1.50. The molecule has 1 amide bonds. The first-order chi connectivity index (χ1) is 9.40. The fraction of sp³-hybridized carbons (Fsp3) is 0.333. The molecule has 20 heavy (non-hydrogen) atoms. The van der Waals surface area contributed by atoms with Crippen LogP contribution in [0.2, 0.25) is 10.0 Å². The maximum Gasteiger partial charge on any atom is 0.332 e. The second-order valence-electron chi connectivity index (χ2n) is 3.86. The van der Waals surface area contributed by atoms with Crippen LogP contribution in [-0.2, 0) is 9.59 Å². The topological polar surface area (TPSA) is 95.9 Å². The van der Waals surface area contributed by atoms with Crippen LogP contribution in [0.5, 0.6) is 5.75 Å². The molecule has 0 heterocycles. The van der Waals surface area contributed by atoms with Gasteiger partial charge in [0.25, 0.3) is 5.91 Å². The van der Waals surface area contributed by atoms with Gasteiger partial charge in [0.2, 0.25) is 0 Å². The largest absolute Gasteiger partial charge is 0.482 e. The number of nitrogens with one attached hydrogen (secondary N) is 1. The number of ether oxygens (including phenoxy) is 1. The molecule has 0 aliphatic heterocycles. The summed E-state index contributed by atoms with van der Waals surface area (Å²) in [7, 11) is 0. The van der Waals surface area contributed by atoms with Crippen LogP contribution in [0.4, 0.5) is 0 Å². The molecule has 1 atom stereocenters. The van der Waals surface area contributed by atoms with Gasteiger partial charge < -0.3 is 20.3 Å². The SMILES string of the molecule is O=C(COc1ccc(Cl)cc1Cl)NCCC(O)C(=O)O. The van der Waals surface area contributed by atoms with Gasteiger partial charge in [-0.1, -0.05) is 23.2 Å². The van der Waals surface area contributed by atoms with Gasteiger partial charge in [-0.3, -0.25) is 4.79 Å². The molecular weight excluding hydrogens is 309 g/mol. The standard InChI is InChI=1S/C12H13Cl2NO5/c13-7-1-2-10(8(14)5-7)20-6-11(17)15-4-3-9(16)12(18)19/h1-2,5,9,16H,3-4,6H2,(H,15,17)(H,18,19). The molecule has 0 radical (unpaired) electrons. The number of halogens is 2. The molecule has 8 heteroatoms. The summed E-state index contributed by atoms with van der Waals surface area (Å²) in [4.78, 5) is 21.7. The van der Waals surface area contributed by atoms with E-state index in [4.69, 9.17) is 38.2 Å². The number of carboxylic acids is 1. The van der Waals surface area contributed by atoms with Crippen molar-refractivity contribution >= 4 is 35.1 Å². The Morgan fingerprint density at radius 3 is 2.65 bits per heavy atom. The number of amides is 1. The van der Waals surface area contributed by atoms with E-state index in [0.29, 0.717) is 10.8 Å². The van der Waals surface area contributed by atoms with E-state index in [1.54, 1.807) is 6.07 Å². The maximum atomic E-state index is 11.4. The van der Waals surface area contributed by atoms with Gasteiger partial charge >= 0.3 is 5.97 Å². The van der Waals surface area contributed by atoms with Crippen LogP contribution in [0.3, 0.4) is 0 Å². The Morgan fingerprint density at radius 2 is 2.05 bits per heavy atom. The van der Waals surface area contributed by atoms with Crippen molar-refractivity contribution < 1.29 is 24.5 Å². The number of carboxylic acid groups (broad SMARTS) is 1. The molecule has 1 rings (SSSR count). The third-order valence-electron chi connectivity index (χ3n) is 2.28. The average molecular weight is 322 g/mol. The molecule has 0 bridgehead atoms. The molecule has 0 saturated carbocycles. The highest BCUT2D eigenvalue weighted by molar-refractivity contribution is 6.35. The van der Waals surface area contributed by atoms with E-state index in [0.717, 1.165) is 0 Å². The number of rotatable bonds is 7. The van der Waals surface area contributed by atoms with Gasteiger partial charge in [-0.05, 0) is 18.2 Å². The molecular formula is C12H13Cl2NO5. The van der Waals surface area contributed by atoms with Crippen molar-refractivity contribution in [2.24, 2.45) is 0 Å². The summed E-state index contributed by atoms with van der Waals surface area (Å²) >= 11 is 11.6. The lowest BCUT2D eigenvalue weighted by atomic mass is 10.2. The number of benzene rings is 1. The number of hydrogen-bond donors (Lipinski definition) is 3. The summed E-state index contributed by atoms with van der Waals surface area (Å²) in [6, 6.07) is 4.59. The van der Waals surface area contributed by atoms with E-state index in [2.05, 4.69) is 5.32 Å². The zero-order valence-electron chi connectivity index (χ0n) is 10.3. The number of aliphatic hydroxyl groups is 1. The smallest absolute Gasteiger partial charge is 0.332 e. The highest BCUT2D eigenvalue weighted by Gasteiger charge is 2.13. The summed E-state index contributed by atoms with van der Waals surface area (Å²) in [6.07, 6.45) is -1.58. The van der Waals surface area contributed by atoms with Gasteiger partial charge in [-0.15, -0.1) is 0 Å². The number of hydrogen-bond acceptors (Lipinski definition) is 4. The predicted molar refractivity (Wildman–Crippen MR) is 73.2 cm³/mol. The van der Waals surface area contributed by atoms with Crippen LogP contribution in [0.15, 0.2) is 18.2 Å². The predicted octanol–water partition coefficient (Wildman–Crippen LogP) is 1.32. The number of carbonyl (C=O) groups is 2. The third kappa shape index (κ3) is 5.64. The van der Waals surface area contributed by atoms with Crippen molar-refractivity contribution in [2.45, 2.75) is 12.5 Å². The highest BCUT2D eigenvalue weighted by Crippen LogP contribution is 2.27. The third-order valence-corrected chi connectivity index (χ3v) is 2.81. The Kier molecular flexibility index (Phi) is 6.57. The monoisotopic (exact) mass is 321 g/mol. The Balaban J connectivity index is 2.31. The minimum Gasteiger partial charge on any atom is -0.482 e. The highest BCUT2D eigenvalue weighted by atomic mass is 35.5. The first kappa shape index (κ1) is 16.6. The van der Waals surface area contributed by atoms with E-state index in [1.807, 2.05) is 0 Å². The molecule has 0 aliphatic carbocycles. The van der Waals surface area contributed by atoms with Crippen molar-refractivity contribution in [2.75, 3.05) is 13.2 Å². The quantitative estimate of drug-likeness (QED) is 0.704. The van der Waals surface area contributed by atoms with Gasteiger partial charge in [0.15, 0.2) is 12.7 Å². The lowest BCUT2D eigenvalue weighted by Gasteiger charge is -2.09. The van der Waals surface area contributed by atoms with Crippen molar-refractivity contribution in [3.05, 3.63) is 28.2 Å². The van der Waals surface area contributed by atoms with E-state index in [1.165, 1.54) is 12.1 Å². The van der Waals surface area contributed by atoms with Gasteiger partial charge in [0.05, 0.1) is 5.02 Å². The summed E-state index contributed by atoms with van der Waals surface area (Å²) in [5, 5.41) is 20.6. The Labute approximate surface area is 125 Å². The zero-order valence-corrected chi connectivity index (χ0v) is 11.8. The van der Waals surface area contributed by atoms with Crippen LogP contribution in [0.25, 0.3) is 0 Å². The fourth-order valence-corrected chi connectivity index (χ4v) is 1.72. The van der Waals surface area contributed by atoms with Crippen LogP contribution in [0.1, 0.15) is 6.42 Å². The number of aliphatic carboxylic acids is 1. The van der Waals surface area contributed by atoms with Crippen molar-refractivity contribution in [1.82, 2.24) is 5.32 Å². The van der Waals surface area contributed by atoms with Crippen LogP contribution >= 0.6 is 23.2 Å². The molecule has 6 nitrogen and oxygen atoms in total. The van der Waals surface area contributed by atoms with E-state index in [9.17, 15) is 9.59 Å². The normalized spacial score (nSPS) is 11.8. The molecule has 3 N–H and O–H groups in total. The fourth-order valence-electron chi connectivity index (χ4n) is 1.26. The summed E-state index contributed by atoms with van der Waals surface area (Å²) < 4.78 is 5.18. The summed E-state index contributed by atoms with van der Waals surface area (Å²) in [5.74, 6) is -1.46. The lowest BCUT2D eigenvalue weighted by Crippen LogP contribution is -2.33. The average Bonchev–Trinajstić information content (AvgIpc) is 2.37. The van der Waals surface area contributed by atoms with Crippen LogP contribution < -0.4 is 10.1 Å². The molecule has 1 aromatic carbocycles. The maximum absolute atomic E-state index is 11.4. The molecule has 1 aromatic rings. The zero-order chi connectivity index (χ0) is 15.1. The number of aliphatic hydroxyl groups excluding tert-OH is 1. The second-order valence-corrected chi connectivity index (χ2v) is 4.70. The van der Waals surface area contributed by atoms with Gasteiger partial charge in [-0.25, -0.2) is 4.79 Å². The second kappa shape index (κ2) is 7.94. The van der Waals surface area contributed by atoms with Crippen molar-refractivity contribution in [3.8, 4) is 5.75 Å². The van der Waals surface area contributed by atoms with Crippen molar-refractivity contribution in [1.29, 1.82) is 0 Å². The molecule has 0 aliphatic rings. The Hall–Kier alpha value is -1.50. The molecule has 110 valence electrons. The van der Waals surface area contributed by atoms with E-state index < -0.39 is 18.0 Å². The Bertz CT molecular complexity index is 495. The lowest BCUT2D eigenvalue weighted by molar-refractivity contribution is -0.147. The molecule has 0 fully saturated rings. The van der Waals surface area contributed by atoms with E-state index in [-0.39, 0.29) is 24.6 Å². The Morgan fingerprint density at radius 1 is 1.35 bits per heavy atom. The minimum absolute atomic E-state index is 0.0318. The number of carbonyl (C=O) groups excluding carboxylic acids is 1. The summed E-state index contributed by atoms with van der Waals surface area (Å²) in [6.45, 7) is -0.242. The molecule has 1 unspecified atom stereocenters. The van der Waals surface area contributed by atoms with Gasteiger partial charge in [0.1, 0.15) is 5.75 Å². The van der Waals surface area contributed by atoms with Gasteiger partial charge in [-0.2, -0.15) is 0 Å². The van der Waals surface area contributed by atoms with Crippen molar-refractivity contribution in [3.63, 3.8) is 0 Å². The first-order valence-corrected chi connectivity index (χ1v) is 6.41. The van der Waals surface area contributed by atoms with Gasteiger partial charge in [0, 0.05) is 18.0 Å². The molecule has 0 spiro atoms. The molecule has 0 saturated heterocycles.